The molecule has 0 spiro atoms. The maximum atomic E-state index is 8.89. The van der Waals surface area contributed by atoms with Gasteiger partial charge in [-0.2, -0.15) is 0 Å². The third-order valence-electron chi connectivity index (χ3n) is 0.980. The van der Waals surface area contributed by atoms with E-state index in [0.717, 1.165) is 6.92 Å². The molecule has 0 aromatic rings. The van der Waals surface area contributed by atoms with Crippen LogP contribution in [0.1, 0.15) is 6.92 Å². The van der Waals surface area contributed by atoms with E-state index in [1.165, 1.54) is 0 Å². The number of hydrogen-bond donors (Lipinski definition) is 0. The molecule has 0 aliphatic rings. The van der Waals surface area contributed by atoms with Gasteiger partial charge < -0.3 is 9.90 Å². The number of hydrogen-bond acceptors (Lipinski definition) is 5. The number of carboxylic acid groups (broad SMARTS) is 1. The van der Waals surface area contributed by atoms with Crippen molar-refractivity contribution in [2.24, 2.45) is 0 Å². The Morgan fingerprint density at radius 1 is 0.929 bits per heavy atom. The second kappa shape index (κ2) is 8.05. The highest BCUT2D eigenvalue weighted by atomic mass is 32.2. The summed E-state index contributed by atoms with van der Waals surface area (Å²) in [5, 5.41) is 8.89. The van der Waals surface area contributed by atoms with Gasteiger partial charge in [-0.15, -0.1) is 0 Å². The lowest BCUT2D eigenvalue weighted by Crippen LogP contribution is -2.44. The van der Waals surface area contributed by atoms with Crippen molar-refractivity contribution < 1.29 is 9.90 Å². The fourth-order valence-corrected chi connectivity index (χ4v) is 2.94. The molecule has 0 rings (SSSR count). The summed E-state index contributed by atoms with van der Waals surface area (Å²) in [5.74, 6) is -1.08. The van der Waals surface area contributed by atoms with Gasteiger partial charge in [0.25, 0.3) is 11.5 Å². The average Bonchev–Trinajstić information content (AvgIpc) is 1.80. The molecule has 0 amide bonds. The molecule has 0 aromatic carbocycles. The molecular formula is C8H21N3O2S. The fraction of sp³-hybridized carbons (Fsp3) is 0.875. The van der Waals surface area contributed by atoms with Crippen molar-refractivity contribution in [2.75, 3.05) is 42.3 Å². The Kier molecular flexibility index (Phi) is 9.28. The highest BCUT2D eigenvalue weighted by Crippen LogP contribution is 2.05. The zero-order valence-electron chi connectivity index (χ0n) is 10.1. The maximum absolute atomic E-state index is 8.89. The second-order valence-electron chi connectivity index (χ2n) is 3.17. The molecule has 0 N–H and O–H groups in total. The zero-order chi connectivity index (χ0) is 11.9. The summed E-state index contributed by atoms with van der Waals surface area (Å²) in [7, 11) is 12.5. The van der Waals surface area contributed by atoms with Gasteiger partial charge in [-0.25, -0.2) is 0 Å². The molecule has 0 aliphatic carbocycles. The smallest absolute Gasteiger partial charge is 0.266 e. The molecule has 6 heteroatoms. The minimum absolute atomic E-state index is 0.120. The first-order valence-electron chi connectivity index (χ1n) is 4.14. The lowest BCUT2D eigenvalue weighted by Gasteiger charge is -2.20. The van der Waals surface area contributed by atoms with Crippen LogP contribution in [0, 0.1) is 0 Å². The van der Waals surface area contributed by atoms with Crippen molar-refractivity contribution >= 4 is 17.4 Å². The first-order chi connectivity index (χ1) is 6.20. The molecule has 0 radical (unpaired) electrons. The summed E-state index contributed by atoms with van der Waals surface area (Å²) in [4.78, 5) is 8.89. The summed E-state index contributed by atoms with van der Waals surface area (Å²) >= 11 is 0.120. The van der Waals surface area contributed by atoms with Crippen LogP contribution in [0.2, 0.25) is 0 Å². The van der Waals surface area contributed by atoms with Crippen LogP contribution in [0.5, 0.6) is 0 Å². The molecule has 0 aromatic heterocycles. The zero-order valence-corrected chi connectivity index (χ0v) is 10.9. The molecule has 0 aliphatic heterocycles. The van der Waals surface area contributed by atoms with Crippen LogP contribution in [0.4, 0.5) is 0 Å². The normalized spacial score (nSPS) is 10.8. The molecular weight excluding hydrogens is 202 g/mol. The quantitative estimate of drug-likeness (QED) is 0.562. The Morgan fingerprint density at radius 2 is 1.07 bits per heavy atom. The highest BCUT2D eigenvalue weighted by molar-refractivity contribution is 7.90. The molecule has 0 atom stereocenters. The first-order valence-corrected chi connectivity index (χ1v) is 5.23. The Morgan fingerprint density at radius 3 is 1.07 bits per heavy atom. The number of carbonyl (C=O) groups is 1. The van der Waals surface area contributed by atoms with Gasteiger partial charge >= 0.3 is 0 Å². The average molecular weight is 223 g/mol. The summed E-state index contributed by atoms with van der Waals surface area (Å²) in [5.41, 5.74) is 0. The molecule has 0 heterocycles. The van der Waals surface area contributed by atoms with Gasteiger partial charge in [0.15, 0.2) is 0 Å². The van der Waals surface area contributed by atoms with Crippen LogP contribution >= 0.6 is 0 Å². The molecule has 0 unspecified atom stereocenters. The minimum Gasteiger partial charge on any atom is -0.550 e. The largest absolute Gasteiger partial charge is 0.550 e. The SMILES string of the molecule is CC(=O)[O-].CN(C)[S+](N(C)C)N(C)C. The van der Waals surface area contributed by atoms with Gasteiger partial charge in [-0.05, 0) is 6.92 Å². The molecule has 0 saturated heterocycles. The highest BCUT2D eigenvalue weighted by Gasteiger charge is 2.29. The Bertz CT molecular complexity index is 140. The molecule has 5 nitrogen and oxygen atoms in total. The van der Waals surface area contributed by atoms with E-state index < -0.39 is 5.97 Å². The van der Waals surface area contributed by atoms with Crippen LogP contribution in [0.25, 0.3) is 0 Å². The van der Waals surface area contributed by atoms with Gasteiger partial charge in [-0.3, -0.25) is 0 Å². The molecule has 14 heavy (non-hydrogen) atoms. The number of carbonyl (C=O) groups excluding carboxylic acids is 1. The van der Waals surface area contributed by atoms with Gasteiger partial charge in [0.05, 0.1) is 0 Å². The number of aliphatic carboxylic acids is 1. The van der Waals surface area contributed by atoms with Crippen LogP contribution in [-0.2, 0) is 16.2 Å². The van der Waals surface area contributed by atoms with Crippen molar-refractivity contribution in [3.63, 3.8) is 0 Å². The number of nitrogens with zero attached hydrogens (tertiary/aromatic N) is 3. The fourth-order valence-electron chi connectivity index (χ4n) is 0.980. The van der Waals surface area contributed by atoms with Crippen LogP contribution < -0.4 is 5.11 Å². The van der Waals surface area contributed by atoms with E-state index in [2.05, 4.69) is 55.2 Å². The molecule has 86 valence electrons. The van der Waals surface area contributed by atoms with Crippen LogP contribution in [0.3, 0.4) is 0 Å². The lowest BCUT2D eigenvalue weighted by atomic mass is 10.9. The van der Waals surface area contributed by atoms with E-state index in [1.54, 1.807) is 0 Å². The number of rotatable bonds is 3. The predicted octanol–water partition coefficient (Wildman–Crippen LogP) is -1.21. The summed E-state index contributed by atoms with van der Waals surface area (Å²) in [6.45, 7) is 0.972. The van der Waals surface area contributed by atoms with Crippen LogP contribution in [-0.4, -0.2) is 61.2 Å². The standard InChI is InChI=1S/C6H18N3S.C2H4O2/c1-7(2)10(8(3)4)9(5)6;1-2(3)4/h1-6H3;1H3,(H,3,4)/q+1;/p-1. The van der Waals surface area contributed by atoms with E-state index in [4.69, 9.17) is 9.90 Å². The topological polar surface area (TPSA) is 49.9 Å². The Balaban J connectivity index is 0. The maximum Gasteiger partial charge on any atom is 0.266 e. The number of carboxylic acids is 1. The van der Waals surface area contributed by atoms with Gasteiger partial charge in [0.1, 0.15) is 0 Å². The van der Waals surface area contributed by atoms with Gasteiger partial charge in [0, 0.05) is 48.3 Å². The third kappa shape index (κ3) is 9.79. The molecule has 0 saturated carbocycles. The van der Waals surface area contributed by atoms with Crippen molar-refractivity contribution in [3.8, 4) is 0 Å². The first kappa shape index (κ1) is 16.1. The molecule has 0 bridgehead atoms. The lowest BCUT2D eigenvalue weighted by molar-refractivity contribution is -0.302. The van der Waals surface area contributed by atoms with E-state index in [9.17, 15) is 0 Å². The minimum atomic E-state index is -1.08. The Labute approximate surface area is 90.0 Å². The van der Waals surface area contributed by atoms with E-state index >= 15 is 0 Å². The third-order valence-corrected chi connectivity index (χ3v) is 2.94. The molecule has 0 fully saturated rings. The second-order valence-corrected chi connectivity index (χ2v) is 5.85. The van der Waals surface area contributed by atoms with Crippen molar-refractivity contribution in [1.82, 2.24) is 12.9 Å². The van der Waals surface area contributed by atoms with Crippen molar-refractivity contribution in [3.05, 3.63) is 0 Å². The van der Waals surface area contributed by atoms with Gasteiger partial charge in [-0.1, -0.05) is 12.9 Å². The van der Waals surface area contributed by atoms with E-state index in [1.807, 2.05) is 0 Å². The van der Waals surface area contributed by atoms with E-state index in [0.29, 0.717) is 0 Å². The van der Waals surface area contributed by atoms with Gasteiger partial charge in [0.2, 0.25) is 0 Å². The summed E-state index contributed by atoms with van der Waals surface area (Å²) in [6, 6.07) is 0. The van der Waals surface area contributed by atoms with Crippen molar-refractivity contribution in [1.29, 1.82) is 0 Å². The monoisotopic (exact) mass is 223 g/mol. The van der Waals surface area contributed by atoms with Crippen LogP contribution in [0.15, 0.2) is 0 Å². The van der Waals surface area contributed by atoms with Crippen molar-refractivity contribution in [2.45, 2.75) is 6.92 Å². The summed E-state index contributed by atoms with van der Waals surface area (Å²) < 4.78 is 6.58. The Hall–Kier alpha value is -0.300. The summed E-state index contributed by atoms with van der Waals surface area (Å²) in [6.07, 6.45) is 0. The predicted molar refractivity (Wildman–Crippen MR) is 59.1 cm³/mol. The van der Waals surface area contributed by atoms with E-state index in [-0.39, 0.29) is 11.5 Å².